The molecular weight excluding hydrogens is 636 g/mol. The van der Waals surface area contributed by atoms with Crippen molar-refractivity contribution in [3.05, 3.63) is 72.8 Å². The summed E-state index contributed by atoms with van der Waals surface area (Å²) in [6.45, 7) is 5.95. The third-order valence-electron chi connectivity index (χ3n) is 9.10. The third-order valence-corrected chi connectivity index (χ3v) is 9.10. The van der Waals surface area contributed by atoms with Crippen molar-refractivity contribution >= 4 is 67.1 Å². The Morgan fingerprint density at radius 3 is 1.48 bits per heavy atom. The van der Waals surface area contributed by atoms with Crippen LogP contribution in [0.5, 0.6) is 11.5 Å². The predicted octanol–water partition coefficient (Wildman–Crippen LogP) is 4.88. The minimum Gasteiger partial charge on any atom is -0.495 e. The molecule has 0 spiro atoms. The summed E-state index contributed by atoms with van der Waals surface area (Å²) in [5.74, 6) is 0.803. The predicted molar refractivity (Wildman–Crippen MR) is 196 cm³/mol. The van der Waals surface area contributed by atoms with Crippen LogP contribution >= 0.6 is 0 Å². The van der Waals surface area contributed by atoms with Crippen molar-refractivity contribution in [2.24, 2.45) is 0 Å². The Morgan fingerprint density at radius 2 is 1.04 bits per heavy atom. The quantitative estimate of drug-likeness (QED) is 0.177. The van der Waals surface area contributed by atoms with Gasteiger partial charge in [0.1, 0.15) is 33.8 Å². The Balaban J connectivity index is 1.02. The zero-order valence-electron chi connectivity index (χ0n) is 28.3. The van der Waals surface area contributed by atoms with Crippen molar-refractivity contribution in [2.75, 3.05) is 90.3 Å². The highest BCUT2D eigenvalue weighted by Gasteiger charge is 2.20. The number of methoxy groups -OCH3 is 2. The maximum absolute atomic E-state index is 13.4. The van der Waals surface area contributed by atoms with Gasteiger partial charge in [-0.3, -0.25) is 19.4 Å². The van der Waals surface area contributed by atoms with Crippen molar-refractivity contribution in [3.8, 4) is 11.5 Å². The standard InChI is InChI=1S/C38H42N6O6/c1-47-35-19-27-25-7-3-5-9-31(25)49-33(27)21-29(35)41-37(45)23-43-15-13-39-11-12-40-14-16-44(18-17-43)24-38(46)42-30-22-34-28(20-36(30)48-2)26-8-4-6-10-32(26)50-34/h3-10,19-22,39-40H,11-18,23-24H2,1-2H3,(H,41,45)(H,42,46). The van der Waals surface area contributed by atoms with Crippen LogP contribution in [0.1, 0.15) is 0 Å². The highest BCUT2D eigenvalue weighted by Crippen LogP contribution is 2.37. The topological polar surface area (TPSA) is 133 Å². The van der Waals surface area contributed by atoms with E-state index in [0.29, 0.717) is 60.2 Å². The van der Waals surface area contributed by atoms with Crippen LogP contribution in [-0.2, 0) is 9.59 Å². The number of ether oxygens (including phenoxy) is 2. The average molecular weight is 679 g/mol. The van der Waals surface area contributed by atoms with Crippen LogP contribution < -0.4 is 30.7 Å². The molecule has 0 bridgehead atoms. The third kappa shape index (κ3) is 7.38. The van der Waals surface area contributed by atoms with E-state index in [1.54, 1.807) is 14.2 Å². The van der Waals surface area contributed by atoms with Crippen LogP contribution in [0, 0.1) is 0 Å². The number of hydrogen-bond acceptors (Lipinski definition) is 10. The van der Waals surface area contributed by atoms with Crippen molar-refractivity contribution in [2.45, 2.75) is 0 Å². The number of para-hydroxylation sites is 2. The van der Waals surface area contributed by atoms with Gasteiger partial charge >= 0.3 is 0 Å². The second-order valence-electron chi connectivity index (χ2n) is 12.4. The van der Waals surface area contributed by atoms with Gasteiger partial charge in [-0.2, -0.15) is 0 Å². The molecule has 2 aromatic heterocycles. The molecule has 0 saturated carbocycles. The molecule has 2 amide bonds. The summed E-state index contributed by atoms with van der Waals surface area (Å²) in [6, 6.07) is 23.1. The van der Waals surface area contributed by atoms with Gasteiger partial charge in [0.2, 0.25) is 11.8 Å². The fraction of sp³-hybridized carbons (Fsp3) is 0.316. The molecule has 12 heteroatoms. The molecule has 4 N–H and O–H groups in total. The van der Waals surface area contributed by atoms with Crippen molar-refractivity contribution in [1.82, 2.24) is 20.4 Å². The van der Waals surface area contributed by atoms with Gasteiger partial charge in [0.05, 0.1) is 38.7 Å². The van der Waals surface area contributed by atoms with Crippen LogP contribution in [0.25, 0.3) is 43.9 Å². The summed E-state index contributed by atoms with van der Waals surface area (Å²) >= 11 is 0. The van der Waals surface area contributed by atoms with Crippen LogP contribution in [-0.4, -0.2) is 101 Å². The van der Waals surface area contributed by atoms with E-state index >= 15 is 0 Å². The number of fused-ring (bicyclic) bond motifs is 6. The summed E-state index contributed by atoms with van der Waals surface area (Å²) in [5.41, 5.74) is 4.01. The maximum atomic E-state index is 13.4. The first-order valence-electron chi connectivity index (χ1n) is 16.9. The minimum atomic E-state index is -0.162. The van der Waals surface area contributed by atoms with E-state index in [9.17, 15) is 9.59 Å². The van der Waals surface area contributed by atoms with Crippen LogP contribution in [0.2, 0.25) is 0 Å². The number of anilines is 2. The first-order chi connectivity index (χ1) is 24.5. The molecule has 0 atom stereocenters. The highest BCUT2D eigenvalue weighted by molar-refractivity contribution is 6.09. The second-order valence-corrected chi connectivity index (χ2v) is 12.4. The largest absolute Gasteiger partial charge is 0.495 e. The van der Waals surface area contributed by atoms with Gasteiger partial charge in [-0.05, 0) is 24.3 Å². The monoisotopic (exact) mass is 678 g/mol. The Morgan fingerprint density at radius 1 is 0.600 bits per heavy atom. The number of benzene rings is 4. The number of carbonyl (C=O) groups excluding carboxylic acids is 2. The smallest absolute Gasteiger partial charge is 0.238 e. The zero-order chi connectivity index (χ0) is 34.5. The van der Waals surface area contributed by atoms with E-state index in [-0.39, 0.29) is 24.9 Å². The molecule has 3 heterocycles. The number of nitrogens with one attached hydrogen (secondary N) is 4. The first-order valence-corrected chi connectivity index (χ1v) is 16.9. The van der Waals surface area contributed by atoms with Crippen LogP contribution in [0.4, 0.5) is 11.4 Å². The highest BCUT2D eigenvalue weighted by atomic mass is 16.5. The lowest BCUT2D eigenvalue weighted by Crippen LogP contribution is -2.47. The molecule has 12 nitrogen and oxygen atoms in total. The summed E-state index contributed by atoms with van der Waals surface area (Å²) in [5, 5.41) is 16.8. The molecule has 1 aliphatic heterocycles. The van der Waals surface area contributed by atoms with E-state index in [2.05, 4.69) is 31.1 Å². The average Bonchev–Trinajstić information content (AvgIpc) is 3.66. The molecule has 1 aliphatic rings. The van der Waals surface area contributed by atoms with E-state index in [1.165, 1.54) is 0 Å². The SMILES string of the molecule is COc1cc2c(cc1NC(=O)CN1CCNCCNCCN(CC(=O)Nc3cc4oc5ccccc5c4cc3OC)CC1)oc1ccccc12. The zero-order valence-corrected chi connectivity index (χ0v) is 28.3. The molecule has 0 unspecified atom stereocenters. The molecule has 0 radical (unpaired) electrons. The summed E-state index contributed by atoms with van der Waals surface area (Å²) in [6.07, 6.45) is 0. The number of amides is 2. The summed E-state index contributed by atoms with van der Waals surface area (Å²) < 4.78 is 23.4. The van der Waals surface area contributed by atoms with Crippen LogP contribution in [0.15, 0.2) is 81.6 Å². The molecule has 1 fully saturated rings. The van der Waals surface area contributed by atoms with Gasteiger partial charge in [0.25, 0.3) is 0 Å². The molecule has 7 rings (SSSR count). The Kier molecular flexibility index (Phi) is 10.1. The van der Waals surface area contributed by atoms with Gasteiger partial charge in [-0.1, -0.05) is 36.4 Å². The van der Waals surface area contributed by atoms with E-state index < -0.39 is 0 Å². The van der Waals surface area contributed by atoms with E-state index in [1.807, 2.05) is 72.8 Å². The molecule has 260 valence electrons. The Bertz CT molecular complexity index is 1990. The van der Waals surface area contributed by atoms with Crippen molar-refractivity contribution in [3.63, 3.8) is 0 Å². The maximum Gasteiger partial charge on any atom is 0.238 e. The number of nitrogens with zero attached hydrogens (tertiary/aromatic N) is 2. The van der Waals surface area contributed by atoms with Gasteiger partial charge in [0.15, 0.2) is 0 Å². The Hall–Kier alpha value is -5.14. The first kappa shape index (κ1) is 33.4. The van der Waals surface area contributed by atoms with Crippen molar-refractivity contribution in [1.29, 1.82) is 0 Å². The number of rotatable bonds is 8. The lowest BCUT2D eigenvalue weighted by Gasteiger charge is -2.28. The molecule has 6 aromatic rings. The van der Waals surface area contributed by atoms with Gasteiger partial charge in [-0.25, -0.2) is 0 Å². The van der Waals surface area contributed by atoms with Crippen LogP contribution in [0.3, 0.4) is 0 Å². The summed E-state index contributed by atoms with van der Waals surface area (Å²) in [7, 11) is 3.18. The lowest BCUT2D eigenvalue weighted by molar-refractivity contribution is -0.118. The summed E-state index contributed by atoms with van der Waals surface area (Å²) in [4.78, 5) is 31.1. The van der Waals surface area contributed by atoms with E-state index in [0.717, 1.165) is 58.9 Å². The van der Waals surface area contributed by atoms with Gasteiger partial charge in [0, 0.05) is 86.0 Å². The van der Waals surface area contributed by atoms with Gasteiger partial charge < -0.3 is 39.6 Å². The second kappa shape index (κ2) is 15.2. The number of furan rings is 2. The molecule has 0 aliphatic carbocycles. The molecule has 50 heavy (non-hydrogen) atoms. The van der Waals surface area contributed by atoms with Crippen molar-refractivity contribution < 1.29 is 27.9 Å². The molecule has 4 aromatic carbocycles. The minimum absolute atomic E-state index is 0.162. The fourth-order valence-electron chi connectivity index (χ4n) is 6.55. The number of hydrogen-bond donors (Lipinski definition) is 4. The lowest BCUT2D eigenvalue weighted by atomic mass is 10.1. The molecular formula is C38H42N6O6. The molecule has 1 saturated heterocycles. The van der Waals surface area contributed by atoms with Gasteiger partial charge in [-0.15, -0.1) is 0 Å². The normalized spacial score (nSPS) is 15.6. The fourth-order valence-corrected chi connectivity index (χ4v) is 6.55. The Labute approximate surface area is 289 Å². The van der Waals surface area contributed by atoms with E-state index in [4.69, 9.17) is 18.3 Å². The number of carbonyl (C=O) groups is 2.